The molecule has 7 heteroatoms. The molecule has 2 aromatic carbocycles. The molecule has 0 unspecified atom stereocenters. The highest BCUT2D eigenvalue weighted by molar-refractivity contribution is 6.03. The van der Waals surface area contributed by atoms with E-state index in [0.29, 0.717) is 28.2 Å². The second-order valence-corrected chi connectivity index (χ2v) is 7.30. The Hall–Kier alpha value is -2.90. The van der Waals surface area contributed by atoms with Crippen LogP contribution in [0.1, 0.15) is 51.1 Å². The molecule has 0 radical (unpaired) electrons. The molecule has 0 saturated heterocycles. The van der Waals surface area contributed by atoms with E-state index in [1.165, 1.54) is 12.1 Å². The second kappa shape index (κ2) is 4.49. The summed E-state index contributed by atoms with van der Waals surface area (Å²) >= 11 is 0. The van der Waals surface area contributed by atoms with Crippen molar-refractivity contribution in [3.05, 3.63) is 52.6 Å². The summed E-state index contributed by atoms with van der Waals surface area (Å²) in [4.78, 5) is 24.9. The van der Waals surface area contributed by atoms with Crippen molar-refractivity contribution in [2.45, 2.75) is 36.9 Å². The number of aromatic hydroxyl groups is 1. The molecule has 4 aliphatic rings. The van der Waals surface area contributed by atoms with Crippen LogP contribution < -0.4 is 9.47 Å². The first-order valence-electron chi connectivity index (χ1n) is 8.78. The third kappa shape index (κ3) is 1.60. The highest BCUT2D eigenvalue weighted by Gasteiger charge is 2.65. The van der Waals surface area contributed by atoms with Gasteiger partial charge in [-0.3, -0.25) is 14.3 Å². The number of phenols is 1. The zero-order valence-corrected chi connectivity index (χ0v) is 14.0. The minimum Gasteiger partial charge on any atom is -0.507 e. The van der Waals surface area contributed by atoms with E-state index in [2.05, 4.69) is 0 Å². The Labute approximate surface area is 153 Å². The van der Waals surface area contributed by atoms with Crippen molar-refractivity contribution < 1.29 is 34.0 Å². The number of aliphatic hydroxyl groups excluding tert-OH is 1. The number of hydrogen-bond donors (Lipinski definition) is 2. The van der Waals surface area contributed by atoms with Gasteiger partial charge in [0.2, 0.25) is 5.79 Å². The van der Waals surface area contributed by atoms with E-state index in [1.54, 1.807) is 18.2 Å². The lowest BCUT2D eigenvalue weighted by atomic mass is 9.77. The number of ether oxygens (including phenoxy) is 3. The van der Waals surface area contributed by atoms with E-state index in [-0.39, 0.29) is 42.1 Å². The summed E-state index contributed by atoms with van der Waals surface area (Å²) in [6.07, 6.45) is -1.05. The van der Waals surface area contributed by atoms with Crippen LogP contribution in [0.3, 0.4) is 0 Å². The van der Waals surface area contributed by atoms with Crippen molar-refractivity contribution in [2.75, 3.05) is 0 Å². The van der Waals surface area contributed by atoms with Crippen LogP contribution in [0.4, 0.5) is 0 Å². The van der Waals surface area contributed by atoms with Crippen LogP contribution in [0.15, 0.2) is 30.3 Å². The lowest BCUT2D eigenvalue weighted by Gasteiger charge is -2.56. The molecule has 0 fully saturated rings. The van der Waals surface area contributed by atoms with E-state index >= 15 is 0 Å². The molecular weight excluding hydrogens is 352 g/mol. The first-order valence-corrected chi connectivity index (χ1v) is 8.78. The lowest BCUT2D eigenvalue weighted by Crippen LogP contribution is -2.63. The maximum atomic E-state index is 12.4. The van der Waals surface area contributed by atoms with Gasteiger partial charge in [-0.1, -0.05) is 12.1 Å². The van der Waals surface area contributed by atoms with E-state index in [0.717, 1.165) is 0 Å². The molecule has 2 bridgehead atoms. The Balaban J connectivity index is 1.71. The lowest BCUT2D eigenvalue weighted by molar-refractivity contribution is -0.385. The molecule has 136 valence electrons. The highest BCUT2D eigenvalue weighted by Crippen LogP contribution is 2.61. The Bertz CT molecular complexity index is 1070. The molecule has 2 aromatic rings. The van der Waals surface area contributed by atoms with E-state index in [1.807, 2.05) is 0 Å². The molecule has 7 nitrogen and oxygen atoms in total. The molecule has 2 N–H and O–H groups in total. The van der Waals surface area contributed by atoms with Gasteiger partial charge in [-0.2, -0.15) is 0 Å². The molecule has 2 spiro atoms. The Morgan fingerprint density at radius 1 is 1.00 bits per heavy atom. The van der Waals surface area contributed by atoms with Gasteiger partial charge in [0.25, 0.3) is 5.79 Å². The fourth-order valence-corrected chi connectivity index (χ4v) is 4.71. The van der Waals surface area contributed by atoms with Gasteiger partial charge in [0.1, 0.15) is 23.4 Å². The van der Waals surface area contributed by atoms with Crippen LogP contribution in [-0.2, 0) is 16.3 Å². The van der Waals surface area contributed by atoms with Crippen molar-refractivity contribution in [1.29, 1.82) is 0 Å². The Morgan fingerprint density at radius 2 is 1.81 bits per heavy atom. The summed E-state index contributed by atoms with van der Waals surface area (Å²) in [7, 11) is 0. The fraction of sp³-hybridized carbons (Fsp3) is 0.300. The number of hydrogen-bond acceptors (Lipinski definition) is 7. The predicted molar refractivity (Wildman–Crippen MR) is 88.8 cm³/mol. The first-order chi connectivity index (χ1) is 13.0. The van der Waals surface area contributed by atoms with Crippen molar-refractivity contribution >= 4 is 11.6 Å². The first kappa shape index (κ1) is 15.2. The summed E-state index contributed by atoms with van der Waals surface area (Å²) in [5.41, 5.74) is 1.22. The van der Waals surface area contributed by atoms with Crippen LogP contribution in [0.25, 0.3) is 0 Å². The van der Waals surface area contributed by atoms with Gasteiger partial charge in [-0.15, -0.1) is 0 Å². The Morgan fingerprint density at radius 3 is 2.67 bits per heavy atom. The fourth-order valence-electron chi connectivity index (χ4n) is 4.71. The molecule has 2 aliphatic heterocycles. The van der Waals surface area contributed by atoms with Gasteiger partial charge < -0.3 is 19.7 Å². The second-order valence-electron chi connectivity index (χ2n) is 7.30. The summed E-state index contributed by atoms with van der Waals surface area (Å²) in [5, 5.41) is 21.1. The third-order valence-electron chi connectivity index (χ3n) is 5.83. The van der Waals surface area contributed by atoms with Gasteiger partial charge in [-0.25, -0.2) is 0 Å². The SMILES string of the molecule is O=C1C[C@@H](O)[C@@]23Oc4ccc(O)c5c4[C@@](CCC5=O)(Oc4cccc1c42)O3. The van der Waals surface area contributed by atoms with E-state index in [9.17, 15) is 19.8 Å². The molecule has 27 heavy (non-hydrogen) atoms. The van der Waals surface area contributed by atoms with E-state index < -0.39 is 17.7 Å². The number of Topliss-reactive ketones (excluding diaryl/α,β-unsaturated/α-hetero) is 2. The van der Waals surface area contributed by atoms with Crippen molar-refractivity contribution in [3.63, 3.8) is 0 Å². The molecule has 0 saturated carbocycles. The number of phenolic OH excluding ortho intramolecular Hbond substituents is 1. The van der Waals surface area contributed by atoms with Crippen molar-refractivity contribution in [1.82, 2.24) is 0 Å². The average Bonchev–Trinajstić information content (AvgIpc) is 2.64. The van der Waals surface area contributed by atoms with Crippen LogP contribution in [0.5, 0.6) is 17.2 Å². The number of carbonyl (C=O) groups excluding carboxylic acids is 2. The molecule has 2 heterocycles. The molecule has 0 aromatic heterocycles. The Kier molecular flexibility index (Phi) is 2.53. The molecule has 3 atom stereocenters. The van der Waals surface area contributed by atoms with Crippen LogP contribution >= 0.6 is 0 Å². The summed E-state index contributed by atoms with van der Waals surface area (Å²) in [5.74, 6) is -2.89. The summed E-state index contributed by atoms with van der Waals surface area (Å²) < 4.78 is 18.6. The number of benzene rings is 2. The van der Waals surface area contributed by atoms with Gasteiger partial charge in [0.15, 0.2) is 11.6 Å². The molecular formula is C20H14O7. The minimum absolute atomic E-state index is 0.115. The van der Waals surface area contributed by atoms with Gasteiger partial charge in [0, 0.05) is 24.8 Å². The maximum Gasteiger partial charge on any atom is 0.271 e. The number of rotatable bonds is 0. The van der Waals surface area contributed by atoms with Gasteiger partial charge >= 0.3 is 0 Å². The highest BCUT2D eigenvalue weighted by atomic mass is 16.8. The number of ketones is 2. The maximum absolute atomic E-state index is 12.4. The van der Waals surface area contributed by atoms with Crippen LogP contribution in [0, 0.1) is 0 Å². The largest absolute Gasteiger partial charge is 0.507 e. The van der Waals surface area contributed by atoms with Crippen molar-refractivity contribution in [2.24, 2.45) is 0 Å². The van der Waals surface area contributed by atoms with Crippen LogP contribution in [-0.4, -0.2) is 27.9 Å². The topological polar surface area (TPSA) is 102 Å². The minimum atomic E-state index is -1.60. The molecule has 0 amide bonds. The quantitative estimate of drug-likeness (QED) is 0.736. The molecule has 2 aliphatic carbocycles. The predicted octanol–water partition coefficient (Wildman–Crippen LogP) is 2.12. The third-order valence-corrected chi connectivity index (χ3v) is 5.83. The molecule has 6 rings (SSSR count). The number of carbonyl (C=O) groups is 2. The average molecular weight is 366 g/mol. The van der Waals surface area contributed by atoms with Gasteiger partial charge in [-0.05, 0) is 18.2 Å². The summed E-state index contributed by atoms with van der Waals surface area (Å²) in [6.45, 7) is 0. The zero-order chi connectivity index (χ0) is 18.6. The normalized spacial score (nSPS) is 32.1. The smallest absolute Gasteiger partial charge is 0.271 e. The zero-order valence-electron chi connectivity index (χ0n) is 14.0. The van der Waals surface area contributed by atoms with Gasteiger partial charge in [0.05, 0.1) is 16.7 Å². The number of aliphatic hydroxyl groups is 1. The standard InChI is InChI=1S/C20H14O7/c21-10-4-5-14-18-16(10)11(22)6-7-19(18)25-13-3-1-2-9-12(23)8-15(24)20(26-14,27-19)17(9)13/h1-5,15,21,24H,6-8H2/t15-,19+,20+/m1/s1. The van der Waals surface area contributed by atoms with Crippen molar-refractivity contribution in [3.8, 4) is 17.2 Å². The van der Waals surface area contributed by atoms with Crippen LogP contribution in [0.2, 0.25) is 0 Å². The monoisotopic (exact) mass is 366 g/mol. The van der Waals surface area contributed by atoms with E-state index in [4.69, 9.17) is 14.2 Å². The summed E-state index contributed by atoms with van der Waals surface area (Å²) in [6, 6.07) is 7.97.